The van der Waals surface area contributed by atoms with Crippen LogP contribution in [0.3, 0.4) is 0 Å². The van der Waals surface area contributed by atoms with Crippen molar-refractivity contribution in [1.29, 1.82) is 0 Å². The van der Waals surface area contributed by atoms with Gasteiger partial charge in [0.05, 0.1) is 26.8 Å². The second-order valence-electron chi connectivity index (χ2n) is 5.68. The highest BCUT2D eigenvalue weighted by atomic mass is 32.1. The Labute approximate surface area is 165 Å². The maximum Gasteiger partial charge on any atom is 0.267 e. The Morgan fingerprint density at radius 2 is 1.93 bits per heavy atom. The second kappa shape index (κ2) is 8.61. The standard InChI is InChI=1S/C18H20N4O5S/c1-25-12-9-10-8-11(21-14(10)16(27-3)15(12)26-2)17(24)19-5-4-13(23)22-18-20-6-7-28-18/h6-9,21H,4-5H2,1-3H3,(H,19,24)(H,20,22,23). The molecule has 10 heteroatoms. The molecule has 28 heavy (non-hydrogen) atoms. The lowest BCUT2D eigenvalue weighted by atomic mass is 10.2. The smallest absolute Gasteiger partial charge is 0.267 e. The lowest BCUT2D eigenvalue weighted by Crippen LogP contribution is -2.27. The number of hydrogen-bond donors (Lipinski definition) is 3. The first-order chi connectivity index (χ1) is 13.6. The zero-order valence-corrected chi connectivity index (χ0v) is 16.4. The predicted octanol–water partition coefficient (Wildman–Crippen LogP) is 2.41. The van der Waals surface area contributed by atoms with Crippen molar-refractivity contribution < 1.29 is 23.8 Å². The molecule has 0 aliphatic carbocycles. The van der Waals surface area contributed by atoms with E-state index >= 15 is 0 Å². The Morgan fingerprint density at radius 3 is 2.57 bits per heavy atom. The van der Waals surface area contributed by atoms with E-state index in [1.54, 1.807) is 23.7 Å². The SMILES string of the molecule is COc1cc2cc(C(=O)NCCC(=O)Nc3nccs3)[nH]c2c(OC)c1OC. The molecule has 0 unspecified atom stereocenters. The van der Waals surface area contributed by atoms with E-state index < -0.39 is 0 Å². The van der Waals surface area contributed by atoms with E-state index in [9.17, 15) is 9.59 Å². The van der Waals surface area contributed by atoms with E-state index in [-0.39, 0.29) is 24.8 Å². The average molecular weight is 404 g/mol. The molecule has 0 aliphatic rings. The summed E-state index contributed by atoms with van der Waals surface area (Å²) in [6.07, 6.45) is 1.74. The Bertz CT molecular complexity index is 984. The molecule has 0 fully saturated rings. The largest absolute Gasteiger partial charge is 0.493 e. The Kier molecular flexibility index (Phi) is 5.99. The van der Waals surface area contributed by atoms with Crippen LogP contribution in [0.4, 0.5) is 5.13 Å². The molecule has 0 atom stereocenters. The number of aromatic amines is 1. The third-order valence-corrected chi connectivity index (χ3v) is 4.67. The van der Waals surface area contributed by atoms with Crippen molar-refractivity contribution >= 4 is 39.2 Å². The van der Waals surface area contributed by atoms with Gasteiger partial charge in [-0.2, -0.15) is 0 Å². The fourth-order valence-electron chi connectivity index (χ4n) is 2.72. The molecule has 9 nitrogen and oxygen atoms in total. The third kappa shape index (κ3) is 4.01. The maximum atomic E-state index is 12.4. The van der Waals surface area contributed by atoms with Gasteiger partial charge in [-0.1, -0.05) is 0 Å². The first-order valence-corrected chi connectivity index (χ1v) is 9.24. The fraction of sp³-hybridized carbons (Fsp3) is 0.278. The number of carbonyl (C=O) groups is 2. The Balaban J connectivity index is 1.69. The molecule has 0 saturated heterocycles. The molecule has 2 amide bonds. The zero-order chi connectivity index (χ0) is 20.1. The van der Waals surface area contributed by atoms with E-state index in [4.69, 9.17) is 14.2 Å². The minimum atomic E-state index is -0.335. The van der Waals surface area contributed by atoms with Crippen molar-refractivity contribution in [3.8, 4) is 17.2 Å². The number of methoxy groups -OCH3 is 3. The number of thiazole rings is 1. The molecule has 0 aliphatic heterocycles. The van der Waals surface area contributed by atoms with Crippen LogP contribution in [0.25, 0.3) is 10.9 Å². The Hall–Kier alpha value is -3.27. The Morgan fingerprint density at radius 1 is 1.14 bits per heavy atom. The molecule has 3 N–H and O–H groups in total. The molecule has 0 spiro atoms. The zero-order valence-electron chi connectivity index (χ0n) is 15.6. The number of benzene rings is 1. The number of nitrogens with one attached hydrogen (secondary N) is 3. The van der Waals surface area contributed by atoms with Gasteiger partial charge in [-0.05, 0) is 12.1 Å². The first-order valence-electron chi connectivity index (χ1n) is 8.36. The van der Waals surface area contributed by atoms with Gasteiger partial charge in [-0.25, -0.2) is 4.98 Å². The second-order valence-corrected chi connectivity index (χ2v) is 6.58. The summed E-state index contributed by atoms with van der Waals surface area (Å²) < 4.78 is 16.1. The molecule has 0 bridgehead atoms. The topological polar surface area (TPSA) is 115 Å². The molecule has 0 radical (unpaired) electrons. The first kappa shape index (κ1) is 19.5. The summed E-state index contributed by atoms with van der Waals surface area (Å²) in [5, 5.41) is 8.41. The van der Waals surface area contributed by atoms with Crippen LogP contribution in [0, 0.1) is 0 Å². The number of carbonyl (C=O) groups excluding carboxylic acids is 2. The lowest BCUT2D eigenvalue weighted by Gasteiger charge is -2.12. The molecule has 2 heterocycles. The van der Waals surface area contributed by atoms with Crippen LogP contribution >= 0.6 is 11.3 Å². The van der Waals surface area contributed by atoms with Crippen LogP contribution in [-0.2, 0) is 4.79 Å². The summed E-state index contributed by atoms with van der Waals surface area (Å²) >= 11 is 1.33. The van der Waals surface area contributed by atoms with Crippen LogP contribution in [0.15, 0.2) is 23.7 Å². The van der Waals surface area contributed by atoms with Crippen LogP contribution in [0.1, 0.15) is 16.9 Å². The van der Waals surface area contributed by atoms with E-state index in [0.717, 1.165) is 5.39 Å². The highest BCUT2D eigenvalue weighted by Gasteiger charge is 2.19. The van der Waals surface area contributed by atoms with E-state index in [0.29, 0.717) is 33.6 Å². The van der Waals surface area contributed by atoms with Gasteiger partial charge in [0.25, 0.3) is 5.91 Å². The van der Waals surface area contributed by atoms with Crippen molar-refractivity contribution in [2.75, 3.05) is 33.2 Å². The molecule has 0 saturated carbocycles. The minimum Gasteiger partial charge on any atom is -0.493 e. The van der Waals surface area contributed by atoms with Crippen molar-refractivity contribution in [1.82, 2.24) is 15.3 Å². The fourth-order valence-corrected chi connectivity index (χ4v) is 3.26. The molecule has 1 aromatic carbocycles. The van der Waals surface area contributed by atoms with Gasteiger partial charge in [0, 0.05) is 29.9 Å². The van der Waals surface area contributed by atoms with Crippen LogP contribution in [0.5, 0.6) is 17.2 Å². The van der Waals surface area contributed by atoms with Gasteiger partial charge in [-0.3, -0.25) is 9.59 Å². The van der Waals surface area contributed by atoms with Gasteiger partial charge in [0.2, 0.25) is 11.7 Å². The molecule has 148 valence electrons. The summed E-state index contributed by atoms with van der Waals surface area (Å²) in [7, 11) is 4.55. The van der Waals surface area contributed by atoms with Gasteiger partial charge >= 0.3 is 0 Å². The molecule has 3 rings (SSSR count). The van der Waals surface area contributed by atoms with Crippen LogP contribution in [0.2, 0.25) is 0 Å². The number of nitrogens with zero attached hydrogens (tertiary/aromatic N) is 1. The maximum absolute atomic E-state index is 12.4. The summed E-state index contributed by atoms with van der Waals surface area (Å²) in [6.45, 7) is 0.190. The summed E-state index contributed by atoms with van der Waals surface area (Å²) in [6, 6.07) is 3.44. The number of rotatable bonds is 8. The monoisotopic (exact) mass is 404 g/mol. The summed E-state index contributed by atoms with van der Waals surface area (Å²) in [5.74, 6) is 0.821. The number of hydrogen-bond acceptors (Lipinski definition) is 7. The lowest BCUT2D eigenvalue weighted by molar-refractivity contribution is -0.116. The van der Waals surface area contributed by atoms with E-state index in [1.165, 1.54) is 32.7 Å². The number of H-pyrrole nitrogens is 1. The summed E-state index contributed by atoms with van der Waals surface area (Å²) in [5.41, 5.74) is 0.954. The molecule has 3 aromatic rings. The van der Waals surface area contributed by atoms with E-state index in [1.807, 2.05) is 0 Å². The highest BCUT2D eigenvalue weighted by molar-refractivity contribution is 7.13. The highest BCUT2D eigenvalue weighted by Crippen LogP contribution is 2.43. The van der Waals surface area contributed by atoms with Crippen molar-refractivity contribution in [3.63, 3.8) is 0 Å². The number of fused-ring (bicyclic) bond motifs is 1. The molecular formula is C18H20N4O5S. The molecular weight excluding hydrogens is 384 g/mol. The van der Waals surface area contributed by atoms with Gasteiger partial charge in [0.1, 0.15) is 5.69 Å². The van der Waals surface area contributed by atoms with Crippen molar-refractivity contribution in [2.45, 2.75) is 6.42 Å². The third-order valence-electron chi connectivity index (χ3n) is 3.98. The summed E-state index contributed by atoms with van der Waals surface area (Å²) in [4.78, 5) is 31.3. The van der Waals surface area contributed by atoms with Gasteiger partial charge < -0.3 is 29.8 Å². The predicted molar refractivity (Wildman–Crippen MR) is 106 cm³/mol. The number of amides is 2. The van der Waals surface area contributed by atoms with Crippen molar-refractivity contribution in [3.05, 3.63) is 29.4 Å². The van der Waals surface area contributed by atoms with Crippen LogP contribution < -0.4 is 24.8 Å². The minimum absolute atomic E-state index is 0.135. The number of anilines is 1. The quantitative estimate of drug-likeness (QED) is 0.531. The average Bonchev–Trinajstić information content (AvgIpc) is 3.35. The number of ether oxygens (including phenoxy) is 3. The normalized spacial score (nSPS) is 10.5. The van der Waals surface area contributed by atoms with Gasteiger partial charge in [0.15, 0.2) is 16.6 Å². The van der Waals surface area contributed by atoms with Gasteiger partial charge in [-0.15, -0.1) is 11.3 Å². The number of aromatic nitrogens is 2. The van der Waals surface area contributed by atoms with E-state index in [2.05, 4.69) is 20.6 Å². The molecule has 2 aromatic heterocycles. The van der Waals surface area contributed by atoms with Crippen LogP contribution in [-0.4, -0.2) is 49.7 Å². The van der Waals surface area contributed by atoms with Crippen molar-refractivity contribution in [2.24, 2.45) is 0 Å².